The lowest BCUT2D eigenvalue weighted by Gasteiger charge is -2.20. The Morgan fingerprint density at radius 2 is 2.00 bits per heavy atom. The standard InChI is InChI=1S/C17H27N3O/c1-7-18-14-9-11(8-12(19-14)16(2,3)4)15(21)20-13-10-17(13,5)6/h8-9,13H,7,10H2,1-6H3,(H,18,19)(H,20,21). The number of hydrogen-bond acceptors (Lipinski definition) is 3. The van der Waals surface area contributed by atoms with Crippen molar-refractivity contribution in [2.75, 3.05) is 11.9 Å². The van der Waals surface area contributed by atoms with Gasteiger partial charge in [0.2, 0.25) is 0 Å². The zero-order valence-electron chi connectivity index (χ0n) is 14.0. The first-order chi connectivity index (χ1) is 9.63. The predicted molar refractivity (Wildman–Crippen MR) is 86.8 cm³/mol. The van der Waals surface area contributed by atoms with Crippen LogP contribution in [0.15, 0.2) is 12.1 Å². The Morgan fingerprint density at radius 1 is 1.38 bits per heavy atom. The third kappa shape index (κ3) is 3.74. The van der Waals surface area contributed by atoms with Crippen LogP contribution in [0, 0.1) is 5.41 Å². The zero-order valence-corrected chi connectivity index (χ0v) is 14.0. The van der Waals surface area contributed by atoms with Crippen LogP contribution >= 0.6 is 0 Å². The van der Waals surface area contributed by atoms with Gasteiger partial charge in [0.15, 0.2) is 0 Å². The lowest BCUT2D eigenvalue weighted by atomic mass is 9.90. The van der Waals surface area contributed by atoms with E-state index < -0.39 is 0 Å². The van der Waals surface area contributed by atoms with Crippen molar-refractivity contribution in [3.63, 3.8) is 0 Å². The monoisotopic (exact) mass is 289 g/mol. The van der Waals surface area contributed by atoms with Gasteiger partial charge in [-0.05, 0) is 30.9 Å². The van der Waals surface area contributed by atoms with E-state index in [1.54, 1.807) is 0 Å². The molecule has 0 aromatic carbocycles. The number of carbonyl (C=O) groups is 1. The fourth-order valence-corrected chi connectivity index (χ4v) is 2.27. The van der Waals surface area contributed by atoms with Gasteiger partial charge in [-0.15, -0.1) is 0 Å². The molecule has 4 nitrogen and oxygen atoms in total. The van der Waals surface area contributed by atoms with E-state index in [0.29, 0.717) is 11.6 Å². The second kappa shape index (κ2) is 5.32. The minimum Gasteiger partial charge on any atom is -0.370 e. The summed E-state index contributed by atoms with van der Waals surface area (Å²) < 4.78 is 0. The maximum absolute atomic E-state index is 12.5. The first-order valence-corrected chi connectivity index (χ1v) is 7.71. The molecule has 1 amide bonds. The molecular weight excluding hydrogens is 262 g/mol. The molecule has 1 heterocycles. The van der Waals surface area contributed by atoms with Crippen LogP contribution in [0.2, 0.25) is 0 Å². The minimum absolute atomic E-state index is 0.00220. The van der Waals surface area contributed by atoms with Gasteiger partial charge in [-0.3, -0.25) is 4.79 Å². The minimum atomic E-state index is -0.0840. The molecule has 1 unspecified atom stereocenters. The van der Waals surface area contributed by atoms with Crippen LogP contribution in [0.1, 0.15) is 64.0 Å². The van der Waals surface area contributed by atoms with Crippen LogP contribution in [0.3, 0.4) is 0 Å². The number of nitrogens with one attached hydrogen (secondary N) is 2. The molecule has 1 aromatic rings. The second-order valence-electron chi connectivity index (χ2n) is 7.63. The van der Waals surface area contributed by atoms with Crippen molar-refractivity contribution in [2.24, 2.45) is 5.41 Å². The van der Waals surface area contributed by atoms with E-state index in [4.69, 9.17) is 0 Å². The third-order valence-electron chi connectivity index (χ3n) is 4.03. The molecule has 1 fully saturated rings. The molecule has 116 valence electrons. The number of pyridine rings is 1. The highest BCUT2D eigenvalue weighted by molar-refractivity contribution is 5.95. The summed E-state index contributed by atoms with van der Waals surface area (Å²) in [5.41, 5.74) is 1.77. The van der Waals surface area contributed by atoms with Gasteiger partial charge in [0.05, 0.1) is 0 Å². The number of amides is 1. The Kier molecular flexibility index (Phi) is 4.00. The van der Waals surface area contributed by atoms with Gasteiger partial charge < -0.3 is 10.6 Å². The summed E-state index contributed by atoms with van der Waals surface area (Å²) in [6, 6.07) is 4.04. The summed E-state index contributed by atoms with van der Waals surface area (Å²) in [6.07, 6.45) is 1.05. The van der Waals surface area contributed by atoms with Gasteiger partial charge in [0.1, 0.15) is 5.82 Å². The third-order valence-corrected chi connectivity index (χ3v) is 4.03. The first-order valence-electron chi connectivity index (χ1n) is 7.71. The van der Waals surface area contributed by atoms with Crippen LogP contribution in [-0.4, -0.2) is 23.5 Å². The normalized spacial score (nSPS) is 20.0. The molecule has 0 saturated heterocycles. The summed E-state index contributed by atoms with van der Waals surface area (Å²) >= 11 is 0. The molecule has 1 aliphatic carbocycles. The predicted octanol–water partition coefficient (Wildman–Crippen LogP) is 3.34. The Balaban J connectivity index is 2.25. The number of anilines is 1. The van der Waals surface area contributed by atoms with Gasteiger partial charge in [-0.1, -0.05) is 34.6 Å². The Hall–Kier alpha value is -1.58. The number of rotatable bonds is 4. The van der Waals surface area contributed by atoms with Crippen molar-refractivity contribution in [2.45, 2.75) is 59.4 Å². The van der Waals surface area contributed by atoms with Crippen LogP contribution in [-0.2, 0) is 5.41 Å². The van der Waals surface area contributed by atoms with Crippen molar-refractivity contribution < 1.29 is 4.79 Å². The Labute approximate surface area is 127 Å². The average molecular weight is 289 g/mol. The van der Waals surface area contributed by atoms with Gasteiger partial charge >= 0.3 is 0 Å². The molecule has 1 aromatic heterocycles. The summed E-state index contributed by atoms with van der Waals surface area (Å²) in [7, 11) is 0. The lowest BCUT2D eigenvalue weighted by Crippen LogP contribution is -2.29. The van der Waals surface area contributed by atoms with E-state index in [2.05, 4.69) is 50.2 Å². The smallest absolute Gasteiger partial charge is 0.251 e. The lowest BCUT2D eigenvalue weighted by molar-refractivity contribution is 0.0946. The van der Waals surface area contributed by atoms with Crippen molar-refractivity contribution in [3.8, 4) is 0 Å². The molecule has 21 heavy (non-hydrogen) atoms. The molecule has 1 aliphatic rings. The fraction of sp³-hybridized carbons (Fsp3) is 0.647. The highest BCUT2D eigenvalue weighted by Crippen LogP contribution is 2.44. The van der Waals surface area contributed by atoms with Gasteiger partial charge in [0, 0.05) is 29.3 Å². The van der Waals surface area contributed by atoms with Crippen LogP contribution < -0.4 is 10.6 Å². The maximum Gasteiger partial charge on any atom is 0.251 e. The molecule has 0 spiro atoms. The number of nitrogens with zero attached hydrogens (tertiary/aromatic N) is 1. The van der Waals surface area contributed by atoms with Crippen molar-refractivity contribution in [3.05, 3.63) is 23.4 Å². The first kappa shape index (κ1) is 15.8. The van der Waals surface area contributed by atoms with E-state index >= 15 is 0 Å². The van der Waals surface area contributed by atoms with Crippen molar-refractivity contribution in [1.29, 1.82) is 0 Å². The molecule has 1 atom stereocenters. The molecule has 0 radical (unpaired) electrons. The van der Waals surface area contributed by atoms with E-state index in [9.17, 15) is 4.79 Å². The van der Waals surface area contributed by atoms with E-state index in [-0.39, 0.29) is 16.7 Å². The zero-order chi connectivity index (χ0) is 15.8. The molecule has 1 saturated carbocycles. The highest BCUT2D eigenvalue weighted by Gasteiger charge is 2.46. The number of carbonyl (C=O) groups excluding carboxylic acids is 1. The average Bonchev–Trinajstić information content (AvgIpc) is 2.95. The maximum atomic E-state index is 12.5. The second-order valence-corrected chi connectivity index (χ2v) is 7.63. The van der Waals surface area contributed by atoms with Crippen molar-refractivity contribution >= 4 is 11.7 Å². The fourth-order valence-electron chi connectivity index (χ4n) is 2.27. The number of hydrogen-bond donors (Lipinski definition) is 2. The Bertz CT molecular complexity index is 543. The number of aromatic nitrogens is 1. The quantitative estimate of drug-likeness (QED) is 0.894. The van der Waals surface area contributed by atoms with Crippen molar-refractivity contribution in [1.82, 2.24) is 10.3 Å². The molecular formula is C17H27N3O. The highest BCUT2D eigenvalue weighted by atomic mass is 16.1. The Morgan fingerprint density at radius 3 is 2.48 bits per heavy atom. The summed E-state index contributed by atoms with van der Waals surface area (Å²) in [5, 5.41) is 6.32. The molecule has 0 aliphatic heterocycles. The van der Waals surface area contributed by atoms with Gasteiger partial charge in [0.25, 0.3) is 5.91 Å². The van der Waals surface area contributed by atoms with Gasteiger partial charge in [-0.25, -0.2) is 4.98 Å². The van der Waals surface area contributed by atoms with E-state index in [1.807, 2.05) is 19.1 Å². The van der Waals surface area contributed by atoms with E-state index in [1.165, 1.54) is 0 Å². The summed E-state index contributed by atoms with van der Waals surface area (Å²) in [5.74, 6) is 0.766. The topological polar surface area (TPSA) is 54.0 Å². The van der Waals surface area contributed by atoms with Crippen LogP contribution in [0.4, 0.5) is 5.82 Å². The molecule has 4 heteroatoms. The largest absolute Gasteiger partial charge is 0.370 e. The SMILES string of the molecule is CCNc1cc(C(=O)NC2CC2(C)C)cc(C(C)(C)C)n1. The molecule has 0 bridgehead atoms. The van der Waals surface area contributed by atoms with E-state index in [0.717, 1.165) is 24.5 Å². The molecule has 2 N–H and O–H groups in total. The van der Waals surface area contributed by atoms with Gasteiger partial charge in [-0.2, -0.15) is 0 Å². The molecule has 2 rings (SSSR count). The van der Waals surface area contributed by atoms with Crippen LogP contribution in [0.5, 0.6) is 0 Å². The summed E-state index contributed by atoms with van der Waals surface area (Å²) in [4.78, 5) is 17.1. The summed E-state index contributed by atoms with van der Waals surface area (Å²) in [6.45, 7) is 13.5. The van der Waals surface area contributed by atoms with Crippen LogP contribution in [0.25, 0.3) is 0 Å².